The van der Waals surface area contributed by atoms with Crippen LogP contribution in [0.1, 0.15) is 11.4 Å². The van der Waals surface area contributed by atoms with E-state index >= 15 is 0 Å². The van der Waals surface area contributed by atoms with Crippen LogP contribution in [0.5, 0.6) is 0 Å². The van der Waals surface area contributed by atoms with Crippen molar-refractivity contribution in [3.8, 4) is 11.4 Å². The number of thioether (sulfide) groups is 1. The highest BCUT2D eigenvalue weighted by atomic mass is 79.9. The van der Waals surface area contributed by atoms with Gasteiger partial charge in [0.05, 0.1) is 5.75 Å². The van der Waals surface area contributed by atoms with Gasteiger partial charge in [-0.1, -0.05) is 70.2 Å². The van der Waals surface area contributed by atoms with Crippen molar-refractivity contribution in [3.63, 3.8) is 0 Å². The lowest BCUT2D eigenvalue weighted by atomic mass is 10.1. The average Bonchev–Trinajstić information content (AvgIpc) is 3.14. The van der Waals surface area contributed by atoms with Gasteiger partial charge in [0.25, 0.3) is 0 Å². The molecule has 152 valence electrons. The Morgan fingerprint density at radius 2 is 1.57 bits per heavy atom. The molecule has 0 radical (unpaired) electrons. The van der Waals surface area contributed by atoms with E-state index in [1.165, 1.54) is 17.3 Å². The number of hydrogen-bond donors (Lipinski definition) is 2. The summed E-state index contributed by atoms with van der Waals surface area (Å²) in [5, 5.41) is 9.65. The molecule has 0 saturated carbocycles. The van der Waals surface area contributed by atoms with Gasteiger partial charge >= 0.3 is 0 Å². The molecule has 2 aromatic carbocycles. The van der Waals surface area contributed by atoms with E-state index in [1.54, 1.807) is 0 Å². The molecule has 2 heterocycles. The van der Waals surface area contributed by atoms with Crippen LogP contribution >= 0.6 is 27.7 Å². The number of rotatable bonds is 7. The summed E-state index contributed by atoms with van der Waals surface area (Å²) in [7, 11) is 0. The Hall–Kier alpha value is -2.98. The van der Waals surface area contributed by atoms with Crippen molar-refractivity contribution in [3.05, 3.63) is 70.5 Å². The van der Waals surface area contributed by atoms with E-state index in [0.29, 0.717) is 11.6 Å². The molecule has 4 rings (SSSR count). The first-order valence-electron chi connectivity index (χ1n) is 9.20. The maximum atomic E-state index is 5.67. The first-order chi connectivity index (χ1) is 14.6. The van der Waals surface area contributed by atoms with E-state index in [2.05, 4.69) is 57.8 Å². The van der Waals surface area contributed by atoms with Crippen LogP contribution in [-0.4, -0.2) is 29.7 Å². The van der Waals surface area contributed by atoms with Crippen LogP contribution in [0.4, 0.5) is 11.9 Å². The smallest absolute Gasteiger partial charge is 0.225 e. The molecule has 0 spiro atoms. The normalized spacial score (nSPS) is 11.0. The standard InChI is InChI=1S/C20H19BrN8S/c21-15-8-6-14(7-9-15)17-27-28-20(29(17)11-10-13-4-2-1-3-5-13)30-12-16-24-18(22)26-19(23)25-16/h1-9H,10-12H2,(H4,22,23,24,25,26). The quantitative estimate of drug-likeness (QED) is 0.383. The average molecular weight is 483 g/mol. The predicted molar refractivity (Wildman–Crippen MR) is 122 cm³/mol. The van der Waals surface area contributed by atoms with Crippen molar-refractivity contribution in [1.82, 2.24) is 29.7 Å². The molecule has 8 nitrogen and oxygen atoms in total. The fourth-order valence-corrected chi connectivity index (χ4v) is 4.03. The maximum Gasteiger partial charge on any atom is 0.225 e. The SMILES string of the molecule is Nc1nc(N)nc(CSc2nnc(-c3ccc(Br)cc3)n2CCc2ccccc2)n1. The van der Waals surface area contributed by atoms with Gasteiger partial charge in [0.2, 0.25) is 11.9 Å². The second-order valence-corrected chi connectivity index (χ2v) is 8.32. The zero-order valence-corrected chi connectivity index (χ0v) is 18.3. The second kappa shape index (κ2) is 9.23. The Morgan fingerprint density at radius 3 is 2.27 bits per heavy atom. The van der Waals surface area contributed by atoms with Gasteiger partial charge in [-0.25, -0.2) is 0 Å². The minimum Gasteiger partial charge on any atom is -0.368 e. The van der Waals surface area contributed by atoms with E-state index in [9.17, 15) is 0 Å². The number of anilines is 2. The maximum absolute atomic E-state index is 5.67. The Balaban J connectivity index is 1.60. The lowest BCUT2D eigenvalue weighted by Gasteiger charge is -2.10. The predicted octanol–water partition coefficient (Wildman–Crippen LogP) is 3.59. The van der Waals surface area contributed by atoms with Crippen molar-refractivity contribution < 1.29 is 0 Å². The van der Waals surface area contributed by atoms with Crippen molar-refractivity contribution >= 4 is 39.6 Å². The number of halogens is 1. The summed E-state index contributed by atoms with van der Waals surface area (Å²) >= 11 is 4.97. The number of benzene rings is 2. The molecule has 0 unspecified atom stereocenters. The summed E-state index contributed by atoms with van der Waals surface area (Å²) < 4.78 is 3.13. The van der Waals surface area contributed by atoms with Crippen molar-refractivity contribution in [2.75, 3.05) is 11.5 Å². The Morgan fingerprint density at radius 1 is 0.867 bits per heavy atom. The number of hydrogen-bond acceptors (Lipinski definition) is 8. The number of nitrogen functional groups attached to an aromatic ring is 2. The summed E-state index contributed by atoms with van der Waals surface area (Å²) in [6, 6.07) is 18.4. The van der Waals surface area contributed by atoms with Crippen LogP contribution in [0, 0.1) is 0 Å². The lowest BCUT2D eigenvalue weighted by Crippen LogP contribution is -2.07. The van der Waals surface area contributed by atoms with Gasteiger partial charge in [0.1, 0.15) is 5.82 Å². The van der Waals surface area contributed by atoms with Crippen molar-refractivity contribution in [1.29, 1.82) is 0 Å². The number of nitrogens with zero attached hydrogens (tertiary/aromatic N) is 6. The van der Waals surface area contributed by atoms with Crippen LogP contribution in [0.3, 0.4) is 0 Å². The fraction of sp³-hybridized carbons (Fsp3) is 0.150. The van der Waals surface area contributed by atoms with Crippen molar-refractivity contribution in [2.24, 2.45) is 0 Å². The summed E-state index contributed by atoms with van der Waals surface area (Å²) in [6.07, 6.45) is 0.863. The minimum atomic E-state index is 0.110. The molecule has 4 N–H and O–H groups in total. The first kappa shape index (κ1) is 20.3. The molecular weight excluding hydrogens is 464 g/mol. The zero-order chi connectivity index (χ0) is 20.9. The summed E-state index contributed by atoms with van der Waals surface area (Å²) in [4.78, 5) is 12.1. The first-order valence-corrected chi connectivity index (χ1v) is 11.0. The lowest BCUT2D eigenvalue weighted by molar-refractivity contribution is 0.639. The molecular formula is C20H19BrN8S. The van der Waals surface area contributed by atoms with Crippen LogP contribution in [-0.2, 0) is 18.7 Å². The minimum absolute atomic E-state index is 0.110. The van der Waals surface area contributed by atoms with E-state index in [0.717, 1.165) is 34.0 Å². The number of aryl methyl sites for hydroxylation is 1. The highest BCUT2D eigenvalue weighted by Gasteiger charge is 2.15. The molecule has 30 heavy (non-hydrogen) atoms. The molecule has 0 saturated heterocycles. The molecule has 0 aliphatic carbocycles. The van der Waals surface area contributed by atoms with Crippen LogP contribution < -0.4 is 11.5 Å². The highest BCUT2D eigenvalue weighted by molar-refractivity contribution is 9.10. The Labute approximate surface area is 186 Å². The Bertz CT molecular complexity index is 1110. The van der Waals surface area contributed by atoms with Gasteiger partial charge in [0.15, 0.2) is 11.0 Å². The molecule has 10 heteroatoms. The van der Waals surface area contributed by atoms with E-state index < -0.39 is 0 Å². The molecule has 0 amide bonds. The van der Waals surface area contributed by atoms with Crippen molar-refractivity contribution in [2.45, 2.75) is 23.9 Å². The highest BCUT2D eigenvalue weighted by Crippen LogP contribution is 2.27. The summed E-state index contributed by atoms with van der Waals surface area (Å²) in [5.41, 5.74) is 13.6. The van der Waals surface area contributed by atoms with Gasteiger partial charge in [0, 0.05) is 16.6 Å². The molecule has 2 aromatic heterocycles. The third-order valence-electron chi connectivity index (χ3n) is 4.33. The monoisotopic (exact) mass is 482 g/mol. The summed E-state index contributed by atoms with van der Waals surface area (Å²) in [5.74, 6) is 2.00. The number of nitrogens with two attached hydrogens (primary N) is 2. The number of aromatic nitrogens is 6. The summed E-state index contributed by atoms with van der Waals surface area (Å²) in [6.45, 7) is 0.742. The molecule has 0 atom stereocenters. The molecule has 0 fully saturated rings. The second-order valence-electron chi connectivity index (χ2n) is 6.46. The van der Waals surface area contributed by atoms with Gasteiger partial charge in [-0.05, 0) is 24.1 Å². The van der Waals surface area contributed by atoms with Crippen LogP contribution in [0.25, 0.3) is 11.4 Å². The van der Waals surface area contributed by atoms with Crippen LogP contribution in [0.15, 0.2) is 64.2 Å². The molecule has 0 aliphatic rings. The van der Waals surface area contributed by atoms with E-state index in [4.69, 9.17) is 11.5 Å². The zero-order valence-electron chi connectivity index (χ0n) is 15.9. The Kier molecular flexibility index (Phi) is 6.24. The molecule has 4 aromatic rings. The van der Waals surface area contributed by atoms with Gasteiger partial charge in [-0.15, -0.1) is 10.2 Å². The third-order valence-corrected chi connectivity index (χ3v) is 5.82. The van der Waals surface area contributed by atoms with E-state index in [1.807, 2.05) is 42.5 Å². The van der Waals surface area contributed by atoms with Crippen LogP contribution in [0.2, 0.25) is 0 Å². The largest absolute Gasteiger partial charge is 0.368 e. The molecule has 0 bridgehead atoms. The van der Waals surface area contributed by atoms with Gasteiger partial charge < -0.3 is 16.0 Å². The third kappa shape index (κ3) is 4.95. The fourth-order valence-electron chi connectivity index (χ4n) is 2.95. The van der Waals surface area contributed by atoms with E-state index in [-0.39, 0.29) is 11.9 Å². The van der Waals surface area contributed by atoms with Gasteiger partial charge in [-0.2, -0.15) is 15.0 Å². The topological polar surface area (TPSA) is 121 Å². The van der Waals surface area contributed by atoms with Gasteiger partial charge in [-0.3, -0.25) is 0 Å². The molecule has 0 aliphatic heterocycles.